The SMILES string of the molecule is OCC1C[NH2+]CC[NH2+]1.[Br-].[Br-]. The van der Waals surface area contributed by atoms with Crippen molar-refractivity contribution in [2.75, 3.05) is 26.2 Å². The van der Waals surface area contributed by atoms with Crippen molar-refractivity contribution in [3.63, 3.8) is 0 Å². The lowest BCUT2D eigenvalue weighted by atomic mass is 10.2. The molecule has 5 heteroatoms. The first-order valence-electron chi connectivity index (χ1n) is 3.19. The first-order valence-corrected chi connectivity index (χ1v) is 3.19. The van der Waals surface area contributed by atoms with Gasteiger partial charge in [0, 0.05) is 0 Å². The molecule has 1 unspecified atom stereocenters. The van der Waals surface area contributed by atoms with E-state index in [9.17, 15) is 0 Å². The van der Waals surface area contributed by atoms with Gasteiger partial charge < -0.3 is 49.7 Å². The Morgan fingerprint density at radius 2 is 2.00 bits per heavy atom. The predicted octanol–water partition coefficient (Wildman–Crippen LogP) is -9.50. The van der Waals surface area contributed by atoms with Crippen LogP contribution >= 0.6 is 0 Å². The summed E-state index contributed by atoms with van der Waals surface area (Å²) in [5.41, 5.74) is 0. The molecule has 3 nitrogen and oxygen atoms in total. The molecule has 1 heterocycles. The number of hydrogen-bond acceptors (Lipinski definition) is 1. The minimum Gasteiger partial charge on any atom is -1.00 e. The van der Waals surface area contributed by atoms with E-state index in [0.29, 0.717) is 12.6 Å². The molecular weight excluding hydrogens is 264 g/mol. The molecule has 0 aromatic rings. The molecule has 1 fully saturated rings. The van der Waals surface area contributed by atoms with Gasteiger partial charge in [-0.15, -0.1) is 0 Å². The summed E-state index contributed by atoms with van der Waals surface area (Å²) in [6.07, 6.45) is 0. The average molecular weight is 278 g/mol. The van der Waals surface area contributed by atoms with Crippen molar-refractivity contribution in [1.29, 1.82) is 0 Å². The molecule has 5 N–H and O–H groups in total. The van der Waals surface area contributed by atoms with Crippen LogP contribution in [0.4, 0.5) is 0 Å². The standard InChI is InChI=1S/C5H12N2O.2BrH/c8-4-5-3-6-1-2-7-5;;/h5-8H,1-4H2;2*1H. The molecule has 1 aliphatic rings. The first-order chi connectivity index (χ1) is 3.93. The zero-order valence-electron chi connectivity index (χ0n) is 5.76. The Labute approximate surface area is 82.1 Å². The number of nitrogens with two attached hydrogens (primary N) is 2. The number of hydrogen-bond donors (Lipinski definition) is 3. The molecule has 64 valence electrons. The quantitative estimate of drug-likeness (QED) is 0.438. The molecule has 0 amide bonds. The lowest BCUT2D eigenvalue weighted by Gasteiger charge is -2.15. The highest BCUT2D eigenvalue weighted by Crippen LogP contribution is 1.65. The zero-order valence-corrected chi connectivity index (χ0v) is 8.94. The second kappa shape index (κ2) is 7.94. The molecule has 0 aromatic heterocycles. The highest BCUT2D eigenvalue weighted by Gasteiger charge is 2.16. The Morgan fingerprint density at radius 3 is 2.30 bits per heavy atom. The van der Waals surface area contributed by atoms with Crippen molar-refractivity contribution >= 4 is 0 Å². The van der Waals surface area contributed by atoms with Crippen LogP contribution in [0.3, 0.4) is 0 Å². The fourth-order valence-electron chi connectivity index (χ4n) is 1.03. The minimum absolute atomic E-state index is 0. The first kappa shape index (κ1) is 13.4. The summed E-state index contributed by atoms with van der Waals surface area (Å²) in [7, 11) is 0. The Kier molecular flexibility index (Phi) is 10.7. The van der Waals surface area contributed by atoms with Crippen molar-refractivity contribution in [3.8, 4) is 0 Å². The van der Waals surface area contributed by atoms with Crippen LogP contribution in [0.5, 0.6) is 0 Å². The predicted molar refractivity (Wildman–Crippen MR) is 29.3 cm³/mol. The fraction of sp³-hybridized carbons (Fsp3) is 1.00. The molecule has 0 radical (unpaired) electrons. The van der Waals surface area contributed by atoms with Crippen molar-refractivity contribution in [2.24, 2.45) is 0 Å². The van der Waals surface area contributed by atoms with Crippen LogP contribution in [0.15, 0.2) is 0 Å². The Balaban J connectivity index is 0. The van der Waals surface area contributed by atoms with Gasteiger partial charge in [-0.2, -0.15) is 0 Å². The minimum atomic E-state index is 0. The van der Waals surface area contributed by atoms with E-state index in [1.165, 1.54) is 6.54 Å². The van der Waals surface area contributed by atoms with E-state index < -0.39 is 0 Å². The number of rotatable bonds is 1. The molecule has 1 aliphatic heterocycles. The maximum Gasteiger partial charge on any atom is 0.159 e. The number of aliphatic hydroxyl groups is 1. The summed E-state index contributed by atoms with van der Waals surface area (Å²) in [5, 5.41) is 13.1. The van der Waals surface area contributed by atoms with Crippen molar-refractivity contribution in [3.05, 3.63) is 0 Å². The van der Waals surface area contributed by atoms with Crippen LogP contribution in [-0.2, 0) is 0 Å². The zero-order chi connectivity index (χ0) is 5.82. The Bertz CT molecular complexity index is 68.7. The van der Waals surface area contributed by atoms with Gasteiger partial charge in [-0.25, -0.2) is 0 Å². The molecule has 1 rings (SSSR count). The van der Waals surface area contributed by atoms with Crippen LogP contribution in [0, 0.1) is 0 Å². The molecule has 1 saturated heterocycles. The van der Waals surface area contributed by atoms with Gasteiger partial charge in [0.1, 0.15) is 26.2 Å². The Morgan fingerprint density at radius 1 is 1.30 bits per heavy atom. The van der Waals surface area contributed by atoms with Gasteiger partial charge in [0.2, 0.25) is 0 Å². The number of piperazine rings is 1. The lowest BCUT2D eigenvalue weighted by Crippen LogP contribution is -3.08. The van der Waals surface area contributed by atoms with Gasteiger partial charge in [0.05, 0.1) is 0 Å². The largest absolute Gasteiger partial charge is 1.00 e. The molecule has 0 aromatic carbocycles. The van der Waals surface area contributed by atoms with Gasteiger partial charge in [-0.05, 0) is 0 Å². The van der Waals surface area contributed by atoms with Crippen LogP contribution < -0.4 is 44.6 Å². The molecule has 1 atom stereocenters. The van der Waals surface area contributed by atoms with Gasteiger partial charge in [0.25, 0.3) is 0 Å². The Hall–Kier alpha value is 0.840. The third-order valence-electron chi connectivity index (χ3n) is 1.57. The average Bonchev–Trinajstić information content (AvgIpc) is 1.90. The van der Waals surface area contributed by atoms with Crippen LogP contribution in [0.25, 0.3) is 0 Å². The second-order valence-corrected chi connectivity index (χ2v) is 2.28. The third-order valence-corrected chi connectivity index (χ3v) is 1.57. The van der Waals surface area contributed by atoms with Crippen molar-refractivity contribution in [2.45, 2.75) is 6.04 Å². The number of quaternary nitrogens is 2. The van der Waals surface area contributed by atoms with Gasteiger partial charge in [-0.3, -0.25) is 0 Å². The second-order valence-electron chi connectivity index (χ2n) is 2.28. The summed E-state index contributed by atoms with van der Waals surface area (Å²) in [5.74, 6) is 0. The molecular formula is C5H14Br2N2O. The summed E-state index contributed by atoms with van der Waals surface area (Å²) < 4.78 is 0. The fourth-order valence-corrected chi connectivity index (χ4v) is 1.03. The molecule has 0 saturated carbocycles. The number of aliphatic hydroxyl groups excluding tert-OH is 1. The molecule has 0 aliphatic carbocycles. The van der Waals surface area contributed by atoms with E-state index in [0.717, 1.165) is 13.1 Å². The van der Waals surface area contributed by atoms with Crippen molar-refractivity contribution in [1.82, 2.24) is 0 Å². The van der Waals surface area contributed by atoms with Crippen LogP contribution in [-0.4, -0.2) is 37.4 Å². The van der Waals surface area contributed by atoms with Crippen LogP contribution in [0.1, 0.15) is 0 Å². The normalized spacial score (nSPS) is 24.3. The molecule has 10 heavy (non-hydrogen) atoms. The maximum atomic E-state index is 8.64. The number of halogens is 2. The third kappa shape index (κ3) is 4.62. The summed E-state index contributed by atoms with van der Waals surface area (Å²) >= 11 is 0. The lowest BCUT2D eigenvalue weighted by molar-refractivity contribution is -0.811. The highest BCUT2D eigenvalue weighted by atomic mass is 79.9. The molecule has 0 bridgehead atoms. The van der Waals surface area contributed by atoms with Crippen LogP contribution in [0.2, 0.25) is 0 Å². The summed E-state index contributed by atoms with van der Waals surface area (Å²) in [6, 6.07) is 0.462. The van der Waals surface area contributed by atoms with Gasteiger partial charge in [-0.1, -0.05) is 0 Å². The smallest absolute Gasteiger partial charge is 0.159 e. The van der Waals surface area contributed by atoms with E-state index in [-0.39, 0.29) is 34.0 Å². The van der Waals surface area contributed by atoms with Gasteiger partial charge >= 0.3 is 0 Å². The van der Waals surface area contributed by atoms with Crippen molar-refractivity contribution < 1.29 is 49.7 Å². The summed E-state index contributed by atoms with van der Waals surface area (Å²) in [4.78, 5) is 0. The van der Waals surface area contributed by atoms with E-state index in [1.54, 1.807) is 0 Å². The van der Waals surface area contributed by atoms with E-state index in [2.05, 4.69) is 10.6 Å². The summed E-state index contributed by atoms with van der Waals surface area (Å²) in [6.45, 7) is 3.77. The monoisotopic (exact) mass is 276 g/mol. The molecule has 0 spiro atoms. The highest BCUT2D eigenvalue weighted by molar-refractivity contribution is 4.47. The van der Waals surface area contributed by atoms with E-state index >= 15 is 0 Å². The van der Waals surface area contributed by atoms with E-state index in [4.69, 9.17) is 5.11 Å². The topological polar surface area (TPSA) is 53.5 Å². The maximum absolute atomic E-state index is 8.64. The van der Waals surface area contributed by atoms with E-state index in [1.807, 2.05) is 0 Å². The van der Waals surface area contributed by atoms with Gasteiger partial charge in [0.15, 0.2) is 6.04 Å².